The summed E-state index contributed by atoms with van der Waals surface area (Å²) in [6.07, 6.45) is 3.57. The third-order valence-electron chi connectivity index (χ3n) is 5.54. The van der Waals surface area contributed by atoms with Crippen molar-refractivity contribution >= 4 is 11.7 Å². The van der Waals surface area contributed by atoms with Crippen LogP contribution >= 0.6 is 0 Å². The number of hydrogen-bond donors (Lipinski definition) is 2. The molecule has 3 aromatic rings. The number of nitrogens with two attached hydrogens (primary N) is 1. The Balaban J connectivity index is 1.63. The van der Waals surface area contributed by atoms with Gasteiger partial charge in [-0.2, -0.15) is 4.98 Å². The lowest BCUT2D eigenvalue weighted by molar-refractivity contribution is 0.0692. The Kier molecular flexibility index (Phi) is 5.50. The average molecular weight is 410 g/mol. The SMILES string of the molecule is CC1CCCCN1c1ccc(-c2nc(-c3ccc(C(=O)O)c(F)c3)no2)cc1CN. The second kappa shape index (κ2) is 8.23. The molecule has 3 N–H and O–H groups in total. The van der Waals surface area contributed by atoms with Gasteiger partial charge in [-0.05, 0) is 68.1 Å². The normalized spacial score (nSPS) is 16.6. The molecule has 0 aliphatic carbocycles. The van der Waals surface area contributed by atoms with Crippen LogP contribution in [0.4, 0.5) is 10.1 Å². The van der Waals surface area contributed by atoms with Crippen molar-refractivity contribution in [1.29, 1.82) is 0 Å². The Morgan fingerprint density at radius 3 is 2.77 bits per heavy atom. The van der Waals surface area contributed by atoms with E-state index in [1.165, 1.54) is 25.0 Å². The van der Waals surface area contributed by atoms with E-state index in [0.29, 0.717) is 24.0 Å². The first-order chi connectivity index (χ1) is 14.5. The van der Waals surface area contributed by atoms with Crippen LogP contribution in [0.5, 0.6) is 0 Å². The lowest BCUT2D eigenvalue weighted by Crippen LogP contribution is -2.38. The highest BCUT2D eigenvalue weighted by Gasteiger charge is 2.22. The highest BCUT2D eigenvalue weighted by Crippen LogP contribution is 2.32. The number of piperidine rings is 1. The molecule has 1 aliphatic rings. The molecule has 4 rings (SSSR count). The van der Waals surface area contributed by atoms with Gasteiger partial charge in [-0.25, -0.2) is 9.18 Å². The average Bonchev–Trinajstić information content (AvgIpc) is 3.24. The molecule has 1 saturated heterocycles. The van der Waals surface area contributed by atoms with E-state index in [-0.39, 0.29) is 5.82 Å². The molecule has 1 aliphatic heterocycles. The molecule has 1 aromatic heterocycles. The molecule has 2 aromatic carbocycles. The van der Waals surface area contributed by atoms with Gasteiger partial charge in [0, 0.05) is 35.9 Å². The molecule has 1 fully saturated rings. The second-order valence-electron chi connectivity index (χ2n) is 7.51. The van der Waals surface area contributed by atoms with E-state index in [0.717, 1.165) is 35.8 Å². The third-order valence-corrected chi connectivity index (χ3v) is 5.54. The van der Waals surface area contributed by atoms with E-state index in [1.807, 2.05) is 18.2 Å². The van der Waals surface area contributed by atoms with Gasteiger partial charge < -0.3 is 20.3 Å². The predicted octanol–water partition coefficient (Wildman–Crippen LogP) is 4.08. The Hall–Kier alpha value is -3.26. The zero-order valence-corrected chi connectivity index (χ0v) is 16.6. The monoisotopic (exact) mass is 410 g/mol. The summed E-state index contributed by atoms with van der Waals surface area (Å²) < 4.78 is 19.4. The summed E-state index contributed by atoms with van der Waals surface area (Å²) >= 11 is 0. The molecular weight excluding hydrogens is 387 g/mol. The van der Waals surface area contributed by atoms with Crippen molar-refractivity contribution < 1.29 is 18.8 Å². The molecule has 0 spiro atoms. The van der Waals surface area contributed by atoms with Crippen LogP contribution in [-0.4, -0.2) is 33.8 Å². The lowest BCUT2D eigenvalue weighted by Gasteiger charge is -2.36. The van der Waals surface area contributed by atoms with Crippen LogP contribution in [-0.2, 0) is 6.54 Å². The van der Waals surface area contributed by atoms with Gasteiger partial charge in [0.15, 0.2) is 0 Å². The third kappa shape index (κ3) is 3.78. The first-order valence-corrected chi connectivity index (χ1v) is 9.95. The molecule has 156 valence electrons. The molecule has 0 saturated carbocycles. The van der Waals surface area contributed by atoms with E-state index in [9.17, 15) is 9.18 Å². The Bertz CT molecular complexity index is 1080. The number of halogens is 1. The zero-order chi connectivity index (χ0) is 21.3. The number of carboxylic acids is 1. The van der Waals surface area contributed by atoms with E-state index in [1.54, 1.807) is 0 Å². The highest BCUT2D eigenvalue weighted by molar-refractivity contribution is 5.88. The van der Waals surface area contributed by atoms with E-state index in [4.69, 9.17) is 15.4 Å². The largest absolute Gasteiger partial charge is 0.478 e. The summed E-state index contributed by atoms with van der Waals surface area (Å²) in [5.74, 6) is -1.70. The van der Waals surface area contributed by atoms with Gasteiger partial charge in [-0.1, -0.05) is 5.16 Å². The molecule has 2 heterocycles. The molecule has 0 bridgehead atoms. The van der Waals surface area contributed by atoms with Crippen molar-refractivity contribution in [2.75, 3.05) is 11.4 Å². The molecule has 30 heavy (non-hydrogen) atoms. The summed E-state index contributed by atoms with van der Waals surface area (Å²) in [5, 5.41) is 12.9. The van der Waals surface area contributed by atoms with Crippen molar-refractivity contribution in [3.05, 3.63) is 53.3 Å². The van der Waals surface area contributed by atoms with E-state index >= 15 is 0 Å². The minimum absolute atomic E-state index is 0.184. The number of benzene rings is 2. The Morgan fingerprint density at radius 1 is 1.27 bits per heavy atom. The fourth-order valence-corrected chi connectivity index (χ4v) is 3.90. The maximum absolute atomic E-state index is 14.0. The standard InChI is InChI=1S/C22H23FN4O3/c1-13-4-2-3-9-27(13)19-8-6-15(10-16(19)12-24)21-25-20(26-30-21)14-5-7-17(22(28)29)18(23)11-14/h5-8,10-11,13H,2-4,9,12,24H2,1H3,(H,28,29). The molecule has 1 atom stereocenters. The van der Waals surface area contributed by atoms with Gasteiger partial charge in [0.2, 0.25) is 5.82 Å². The van der Waals surface area contributed by atoms with Gasteiger partial charge in [0.25, 0.3) is 5.89 Å². The van der Waals surface area contributed by atoms with Crippen molar-refractivity contribution in [1.82, 2.24) is 10.1 Å². The highest BCUT2D eigenvalue weighted by atomic mass is 19.1. The molecule has 8 heteroatoms. The van der Waals surface area contributed by atoms with Crippen molar-refractivity contribution in [3.63, 3.8) is 0 Å². The van der Waals surface area contributed by atoms with Crippen LogP contribution in [0.15, 0.2) is 40.9 Å². The zero-order valence-electron chi connectivity index (χ0n) is 16.6. The van der Waals surface area contributed by atoms with Gasteiger partial charge >= 0.3 is 5.97 Å². The van der Waals surface area contributed by atoms with Gasteiger partial charge in [-0.15, -0.1) is 0 Å². The van der Waals surface area contributed by atoms with Crippen LogP contribution in [0, 0.1) is 5.82 Å². The first-order valence-electron chi connectivity index (χ1n) is 9.95. The number of nitrogens with zero attached hydrogens (tertiary/aromatic N) is 3. The topological polar surface area (TPSA) is 105 Å². The minimum atomic E-state index is -1.33. The molecule has 1 unspecified atom stereocenters. The van der Waals surface area contributed by atoms with E-state index in [2.05, 4.69) is 22.0 Å². The maximum atomic E-state index is 14.0. The van der Waals surface area contributed by atoms with Crippen LogP contribution in [0.2, 0.25) is 0 Å². The molecular formula is C22H23FN4O3. The maximum Gasteiger partial charge on any atom is 0.338 e. The molecule has 0 amide bonds. The first kappa shape index (κ1) is 20.0. The Morgan fingerprint density at radius 2 is 2.07 bits per heavy atom. The number of anilines is 1. The number of aromatic nitrogens is 2. The van der Waals surface area contributed by atoms with Gasteiger partial charge in [-0.3, -0.25) is 0 Å². The lowest BCUT2D eigenvalue weighted by atomic mass is 10.00. The fourth-order valence-electron chi connectivity index (χ4n) is 3.90. The number of carboxylic acid groups (broad SMARTS) is 1. The minimum Gasteiger partial charge on any atom is -0.478 e. The van der Waals surface area contributed by atoms with E-state index < -0.39 is 17.3 Å². The number of hydrogen-bond acceptors (Lipinski definition) is 6. The molecule has 7 nitrogen and oxygen atoms in total. The smallest absolute Gasteiger partial charge is 0.338 e. The molecule has 0 radical (unpaired) electrons. The number of carbonyl (C=O) groups is 1. The van der Waals surface area contributed by atoms with Crippen molar-refractivity contribution in [2.45, 2.75) is 38.8 Å². The van der Waals surface area contributed by atoms with Crippen molar-refractivity contribution in [3.8, 4) is 22.8 Å². The Labute approximate surface area is 173 Å². The number of aromatic carboxylic acids is 1. The number of rotatable bonds is 5. The van der Waals surface area contributed by atoms with Crippen LogP contribution in [0.3, 0.4) is 0 Å². The van der Waals surface area contributed by atoms with Gasteiger partial charge in [0.1, 0.15) is 5.82 Å². The fraction of sp³-hybridized carbons (Fsp3) is 0.318. The summed E-state index contributed by atoms with van der Waals surface area (Å²) in [6.45, 7) is 3.62. The predicted molar refractivity (Wildman–Crippen MR) is 111 cm³/mol. The summed E-state index contributed by atoms with van der Waals surface area (Å²) in [6, 6.07) is 10.1. The van der Waals surface area contributed by atoms with Crippen molar-refractivity contribution in [2.24, 2.45) is 5.73 Å². The summed E-state index contributed by atoms with van der Waals surface area (Å²) in [4.78, 5) is 17.7. The summed E-state index contributed by atoms with van der Waals surface area (Å²) in [7, 11) is 0. The summed E-state index contributed by atoms with van der Waals surface area (Å²) in [5.41, 5.74) is 8.80. The van der Waals surface area contributed by atoms with Crippen LogP contribution < -0.4 is 10.6 Å². The van der Waals surface area contributed by atoms with Crippen LogP contribution in [0.25, 0.3) is 22.8 Å². The van der Waals surface area contributed by atoms with Crippen LogP contribution in [0.1, 0.15) is 42.1 Å². The second-order valence-corrected chi connectivity index (χ2v) is 7.51. The quantitative estimate of drug-likeness (QED) is 0.653. The van der Waals surface area contributed by atoms with Gasteiger partial charge in [0.05, 0.1) is 5.56 Å².